The zero-order valence-electron chi connectivity index (χ0n) is 9.43. The number of hydrogen-bond donors (Lipinski definition) is 0. The lowest BCUT2D eigenvalue weighted by Crippen LogP contribution is -1.91. The van der Waals surface area contributed by atoms with Gasteiger partial charge in [0.2, 0.25) is 0 Å². The molecule has 0 aliphatic heterocycles. The normalized spacial score (nSPS) is 12.8. The molecule has 0 nitrogen and oxygen atoms in total. The van der Waals surface area contributed by atoms with Crippen LogP contribution in [0.4, 0.5) is 0 Å². The van der Waals surface area contributed by atoms with Crippen molar-refractivity contribution in [1.29, 1.82) is 0 Å². The summed E-state index contributed by atoms with van der Waals surface area (Å²) in [6.45, 7) is 4.24. The third kappa shape index (κ3) is 3.14. The largest absolute Gasteiger partial charge is 0.130 e. The first-order valence-corrected chi connectivity index (χ1v) is 8.04. The average Bonchev–Trinajstić information content (AvgIpc) is 2.57. The molecule has 1 aromatic carbocycles. The van der Waals surface area contributed by atoms with Gasteiger partial charge in [-0.05, 0) is 41.4 Å². The van der Waals surface area contributed by atoms with Crippen molar-refractivity contribution in [2.45, 2.75) is 18.7 Å². The fourth-order valence-electron chi connectivity index (χ4n) is 1.81. The highest BCUT2D eigenvalue weighted by molar-refractivity contribution is 9.11. The van der Waals surface area contributed by atoms with Crippen LogP contribution >= 0.6 is 54.8 Å². The Hall–Kier alpha value is 0.170. The Labute approximate surface area is 127 Å². The maximum absolute atomic E-state index is 6.07. The van der Waals surface area contributed by atoms with Gasteiger partial charge in [0.15, 0.2) is 0 Å². The number of benzene rings is 1. The molecule has 0 saturated carbocycles. The molecule has 0 radical (unpaired) electrons. The molecule has 0 bridgehead atoms. The minimum Gasteiger partial charge on any atom is -0.130 e. The van der Waals surface area contributed by atoms with Crippen molar-refractivity contribution in [3.63, 3.8) is 0 Å². The zero-order chi connectivity index (χ0) is 12.6. The third-order valence-corrected chi connectivity index (χ3v) is 6.32. The van der Waals surface area contributed by atoms with Crippen molar-refractivity contribution in [1.82, 2.24) is 0 Å². The van der Waals surface area contributed by atoms with E-state index < -0.39 is 0 Å². The van der Waals surface area contributed by atoms with Crippen LogP contribution < -0.4 is 0 Å². The zero-order valence-corrected chi connectivity index (χ0v) is 14.2. The highest BCUT2D eigenvalue weighted by Gasteiger charge is 2.15. The van der Waals surface area contributed by atoms with Gasteiger partial charge in [0.05, 0.1) is 13.6 Å². The summed E-state index contributed by atoms with van der Waals surface area (Å²) in [6, 6.07) is 8.59. The fraction of sp³-hybridized carbons (Fsp3) is 0.231. The molecule has 0 N–H and O–H groups in total. The van der Waals surface area contributed by atoms with E-state index in [1.54, 1.807) is 11.3 Å². The van der Waals surface area contributed by atoms with Crippen LogP contribution in [0.15, 0.2) is 28.1 Å². The van der Waals surface area contributed by atoms with Gasteiger partial charge in [0.25, 0.3) is 0 Å². The van der Waals surface area contributed by atoms with E-state index in [0.717, 1.165) is 8.81 Å². The Balaban J connectivity index is 2.39. The van der Waals surface area contributed by atoms with E-state index in [0.29, 0.717) is 0 Å². The molecule has 17 heavy (non-hydrogen) atoms. The van der Waals surface area contributed by atoms with Gasteiger partial charge in [0, 0.05) is 4.88 Å². The van der Waals surface area contributed by atoms with Crippen molar-refractivity contribution < 1.29 is 0 Å². The predicted molar refractivity (Wildman–Crippen MR) is 83.7 cm³/mol. The van der Waals surface area contributed by atoms with Crippen molar-refractivity contribution in [2.24, 2.45) is 0 Å². The van der Waals surface area contributed by atoms with Crippen molar-refractivity contribution in [3.8, 4) is 0 Å². The van der Waals surface area contributed by atoms with E-state index >= 15 is 0 Å². The summed E-state index contributed by atoms with van der Waals surface area (Å²) in [7, 11) is 0. The molecule has 90 valence electrons. The van der Waals surface area contributed by atoms with Crippen LogP contribution in [0.25, 0.3) is 0 Å². The van der Waals surface area contributed by atoms with Crippen molar-refractivity contribution in [3.05, 3.63) is 54.6 Å². The molecule has 0 aliphatic rings. The molecular formula is C13H11Br2ClS. The molecule has 4 heteroatoms. The monoisotopic (exact) mass is 392 g/mol. The predicted octanol–water partition coefficient (Wildman–Crippen LogP) is 6.27. The maximum atomic E-state index is 6.07. The maximum Gasteiger partial charge on any atom is 0.0887 e. The molecule has 1 heterocycles. The summed E-state index contributed by atoms with van der Waals surface area (Å²) in [5.74, 6) is 0. The first-order valence-electron chi connectivity index (χ1n) is 5.14. The second-order valence-corrected chi connectivity index (χ2v) is 7.78. The van der Waals surface area contributed by atoms with E-state index in [2.05, 4.69) is 63.9 Å². The Kier molecular flexibility index (Phi) is 4.35. The van der Waals surface area contributed by atoms with Gasteiger partial charge in [-0.3, -0.25) is 0 Å². The molecule has 1 atom stereocenters. The molecule has 0 spiro atoms. The topological polar surface area (TPSA) is 0 Å². The van der Waals surface area contributed by atoms with Crippen LogP contribution in [0.1, 0.15) is 26.4 Å². The van der Waals surface area contributed by atoms with E-state index in [1.807, 2.05) is 6.07 Å². The summed E-state index contributed by atoms with van der Waals surface area (Å²) in [6.07, 6.45) is 0. The van der Waals surface area contributed by atoms with E-state index in [1.165, 1.54) is 21.6 Å². The number of thiophene rings is 1. The van der Waals surface area contributed by atoms with E-state index in [-0.39, 0.29) is 4.83 Å². The van der Waals surface area contributed by atoms with Crippen molar-refractivity contribution >= 4 is 54.8 Å². The lowest BCUT2D eigenvalue weighted by molar-refractivity contribution is 1.19. The first kappa shape index (κ1) is 13.6. The summed E-state index contributed by atoms with van der Waals surface area (Å²) in [4.78, 5) is 1.42. The van der Waals surface area contributed by atoms with Crippen LogP contribution in [0.2, 0.25) is 5.02 Å². The molecule has 0 amide bonds. The quantitative estimate of drug-likeness (QED) is 0.527. The van der Waals surface area contributed by atoms with Crippen LogP contribution in [-0.2, 0) is 0 Å². The third-order valence-electron chi connectivity index (χ3n) is 2.45. The van der Waals surface area contributed by atoms with E-state index in [9.17, 15) is 0 Å². The number of rotatable bonds is 2. The molecule has 2 rings (SSSR count). The fourth-order valence-corrected chi connectivity index (χ4v) is 4.24. The SMILES string of the molecule is Cc1cc(C)cc(C(Br)c2cc(Cl)c(Br)s2)c1. The standard InChI is InChI=1S/C13H11Br2ClS/c1-7-3-8(2)5-9(4-7)12(14)11-6-10(16)13(15)17-11/h3-6,12H,1-2H3. The summed E-state index contributed by atoms with van der Waals surface area (Å²) < 4.78 is 0.989. The van der Waals surface area contributed by atoms with Crippen LogP contribution in [-0.4, -0.2) is 0 Å². The molecule has 0 saturated heterocycles. The summed E-state index contributed by atoms with van der Waals surface area (Å²) >= 11 is 14.9. The minimum atomic E-state index is 0.204. The van der Waals surface area contributed by atoms with E-state index in [4.69, 9.17) is 11.6 Å². The number of halogens is 3. The van der Waals surface area contributed by atoms with Gasteiger partial charge in [-0.1, -0.05) is 56.9 Å². The first-order chi connectivity index (χ1) is 7.97. The number of hydrogen-bond acceptors (Lipinski definition) is 1. The molecule has 0 aliphatic carbocycles. The molecule has 1 unspecified atom stereocenters. The van der Waals surface area contributed by atoms with Gasteiger partial charge in [0.1, 0.15) is 0 Å². The Bertz CT molecular complexity index is 509. The molecule has 2 aromatic rings. The highest BCUT2D eigenvalue weighted by atomic mass is 79.9. The average molecular weight is 395 g/mol. The van der Waals surface area contributed by atoms with Gasteiger partial charge < -0.3 is 0 Å². The summed E-state index contributed by atoms with van der Waals surface area (Å²) in [5, 5.41) is 0.777. The van der Waals surface area contributed by atoms with Gasteiger partial charge in [-0.15, -0.1) is 11.3 Å². The minimum absolute atomic E-state index is 0.204. The van der Waals surface area contributed by atoms with Crippen molar-refractivity contribution in [2.75, 3.05) is 0 Å². The number of aryl methyl sites for hydroxylation is 2. The molecule has 1 aromatic heterocycles. The molecular weight excluding hydrogens is 383 g/mol. The second-order valence-electron chi connectivity index (χ2n) is 4.05. The van der Waals surface area contributed by atoms with Gasteiger partial charge >= 0.3 is 0 Å². The van der Waals surface area contributed by atoms with Crippen LogP contribution in [0.5, 0.6) is 0 Å². The Morgan fingerprint density at radius 3 is 2.18 bits per heavy atom. The van der Waals surface area contributed by atoms with Crippen LogP contribution in [0, 0.1) is 13.8 Å². The Morgan fingerprint density at radius 1 is 1.12 bits per heavy atom. The summed E-state index contributed by atoms with van der Waals surface area (Å²) in [5.41, 5.74) is 3.84. The molecule has 0 fully saturated rings. The highest BCUT2D eigenvalue weighted by Crippen LogP contribution is 2.41. The lowest BCUT2D eigenvalue weighted by atomic mass is 10.0. The Morgan fingerprint density at radius 2 is 1.71 bits per heavy atom. The van der Waals surface area contributed by atoms with Gasteiger partial charge in [-0.25, -0.2) is 0 Å². The number of alkyl halides is 1. The lowest BCUT2D eigenvalue weighted by Gasteiger charge is -2.10. The van der Waals surface area contributed by atoms with Crippen LogP contribution in [0.3, 0.4) is 0 Å². The smallest absolute Gasteiger partial charge is 0.0887 e. The second kappa shape index (κ2) is 5.43. The van der Waals surface area contributed by atoms with Gasteiger partial charge in [-0.2, -0.15) is 0 Å².